The predicted molar refractivity (Wildman–Crippen MR) is 66.4 cm³/mol. The van der Waals surface area contributed by atoms with Crippen LogP contribution in [0.2, 0.25) is 0 Å². The third-order valence-electron chi connectivity index (χ3n) is 5.51. The molecule has 3 aliphatic rings. The van der Waals surface area contributed by atoms with E-state index in [1.807, 2.05) is 6.92 Å². The largest absolute Gasteiger partial charge is 0.462 e. The van der Waals surface area contributed by atoms with E-state index < -0.39 is 0 Å². The maximum Gasteiger partial charge on any atom is 0.309 e. The molecular formula is C15H22O2. The van der Waals surface area contributed by atoms with Crippen molar-refractivity contribution in [2.45, 2.75) is 52.1 Å². The van der Waals surface area contributed by atoms with Gasteiger partial charge >= 0.3 is 5.97 Å². The Hall–Kier alpha value is -0.790. The van der Waals surface area contributed by atoms with Crippen molar-refractivity contribution in [2.75, 3.05) is 0 Å². The molecule has 94 valence electrons. The first kappa shape index (κ1) is 11.3. The monoisotopic (exact) mass is 234 g/mol. The molecule has 3 fully saturated rings. The summed E-state index contributed by atoms with van der Waals surface area (Å²) in [5, 5.41) is 0. The lowest BCUT2D eigenvalue weighted by Crippen LogP contribution is -2.44. The first-order valence-corrected chi connectivity index (χ1v) is 6.89. The van der Waals surface area contributed by atoms with E-state index in [4.69, 9.17) is 4.74 Å². The summed E-state index contributed by atoms with van der Waals surface area (Å²) in [6.07, 6.45) is 6.06. The quantitative estimate of drug-likeness (QED) is 0.475. The number of hydrogen-bond acceptors (Lipinski definition) is 2. The Kier molecular flexibility index (Phi) is 2.39. The molecule has 0 aromatic rings. The van der Waals surface area contributed by atoms with E-state index in [1.54, 1.807) is 0 Å². The highest BCUT2D eigenvalue weighted by atomic mass is 16.6. The summed E-state index contributed by atoms with van der Waals surface area (Å²) in [4.78, 5) is 11.7. The summed E-state index contributed by atoms with van der Waals surface area (Å²) in [5.41, 5.74) is 1.75. The zero-order valence-electron chi connectivity index (χ0n) is 10.9. The molecule has 0 radical (unpaired) electrons. The van der Waals surface area contributed by atoms with Crippen LogP contribution in [-0.2, 0) is 9.53 Å². The van der Waals surface area contributed by atoms with Crippen molar-refractivity contribution in [2.24, 2.45) is 23.2 Å². The van der Waals surface area contributed by atoms with E-state index in [0.29, 0.717) is 17.3 Å². The van der Waals surface area contributed by atoms with Crippen LogP contribution in [0.5, 0.6) is 0 Å². The van der Waals surface area contributed by atoms with Gasteiger partial charge in [0.05, 0.1) is 5.92 Å². The fourth-order valence-corrected chi connectivity index (χ4v) is 4.38. The highest BCUT2D eigenvalue weighted by Crippen LogP contribution is 2.56. The predicted octanol–water partition coefficient (Wildman–Crippen LogP) is 3.32. The molecule has 3 rings (SSSR count). The van der Waals surface area contributed by atoms with Crippen LogP contribution in [0.15, 0.2) is 12.2 Å². The summed E-state index contributed by atoms with van der Waals surface area (Å²) < 4.78 is 5.56. The molecule has 1 aliphatic heterocycles. The lowest BCUT2D eigenvalue weighted by atomic mass is 9.55. The van der Waals surface area contributed by atoms with Crippen LogP contribution in [0.3, 0.4) is 0 Å². The minimum absolute atomic E-state index is 0.0212. The van der Waals surface area contributed by atoms with Gasteiger partial charge in [0, 0.05) is 5.92 Å². The molecule has 0 bridgehead atoms. The Morgan fingerprint density at radius 1 is 1.47 bits per heavy atom. The molecular weight excluding hydrogens is 212 g/mol. The maximum atomic E-state index is 11.7. The summed E-state index contributed by atoms with van der Waals surface area (Å²) >= 11 is 0. The van der Waals surface area contributed by atoms with Gasteiger partial charge in [0.2, 0.25) is 0 Å². The number of carbonyl (C=O) groups is 1. The minimum atomic E-state index is 0.0212. The van der Waals surface area contributed by atoms with Crippen LogP contribution in [0.25, 0.3) is 0 Å². The number of hydrogen-bond donors (Lipinski definition) is 0. The fourth-order valence-electron chi connectivity index (χ4n) is 4.38. The van der Waals surface area contributed by atoms with Crippen LogP contribution in [0.4, 0.5) is 0 Å². The molecule has 0 aromatic carbocycles. The average Bonchev–Trinajstić information content (AvgIpc) is 2.52. The molecule has 2 saturated carbocycles. The number of fused-ring (bicyclic) bond motifs is 2. The standard InChI is InChI=1S/C15H22O2/c1-9-5-4-6-15(3)8-13-11(7-12(9)15)10(2)14(16)17-13/h10-13H,1,4-8H2,2-3H3/t10-,11+,12-,13-,15-/m0/s1. The van der Waals surface area contributed by atoms with Gasteiger partial charge in [0.1, 0.15) is 6.10 Å². The Balaban J connectivity index is 1.88. The number of esters is 1. The molecule has 0 aromatic heterocycles. The van der Waals surface area contributed by atoms with Crippen molar-refractivity contribution in [3.05, 3.63) is 12.2 Å². The first-order valence-electron chi connectivity index (χ1n) is 6.89. The van der Waals surface area contributed by atoms with Crippen molar-refractivity contribution in [3.8, 4) is 0 Å². The average molecular weight is 234 g/mol. The van der Waals surface area contributed by atoms with E-state index in [2.05, 4.69) is 13.5 Å². The second-order valence-electron chi connectivity index (χ2n) is 6.59. The lowest BCUT2D eigenvalue weighted by Gasteiger charge is -2.49. The van der Waals surface area contributed by atoms with Crippen LogP contribution >= 0.6 is 0 Å². The summed E-state index contributed by atoms with van der Waals surface area (Å²) in [7, 11) is 0. The third kappa shape index (κ3) is 1.56. The molecule has 1 heterocycles. The zero-order chi connectivity index (χ0) is 12.2. The Morgan fingerprint density at radius 2 is 2.24 bits per heavy atom. The molecule has 1 saturated heterocycles. The highest BCUT2D eigenvalue weighted by Gasteiger charge is 2.53. The van der Waals surface area contributed by atoms with Crippen LogP contribution in [0.1, 0.15) is 46.0 Å². The highest BCUT2D eigenvalue weighted by molar-refractivity contribution is 5.75. The van der Waals surface area contributed by atoms with E-state index in [-0.39, 0.29) is 18.0 Å². The lowest BCUT2D eigenvalue weighted by molar-refractivity contribution is -0.145. The second-order valence-corrected chi connectivity index (χ2v) is 6.59. The molecule has 5 atom stereocenters. The number of allylic oxidation sites excluding steroid dienone is 1. The zero-order valence-corrected chi connectivity index (χ0v) is 10.9. The van der Waals surface area contributed by atoms with E-state index in [1.165, 1.54) is 24.8 Å². The minimum Gasteiger partial charge on any atom is -0.462 e. The number of ether oxygens (including phenoxy) is 1. The summed E-state index contributed by atoms with van der Waals surface area (Å²) in [5.74, 6) is 1.18. The third-order valence-corrected chi connectivity index (χ3v) is 5.51. The molecule has 2 nitrogen and oxygen atoms in total. The van der Waals surface area contributed by atoms with Crippen molar-refractivity contribution in [1.29, 1.82) is 0 Å². The molecule has 2 aliphatic carbocycles. The Labute approximate surface area is 103 Å². The van der Waals surface area contributed by atoms with Gasteiger partial charge in [-0.1, -0.05) is 26.0 Å². The van der Waals surface area contributed by atoms with Crippen molar-refractivity contribution in [3.63, 3.8) is 0 Å². The van der Waals surface area contributed by atoms with Gasteiger partial charge in [0.25, 0.3) is 0 Å². The normalized spacial score (nSPS) is 49.5. The molecule has 17 heavy (non-hydrogen) atoms. The van der Waals surface area contributed by atoms with Gasteiger partial charge in [-0.2, -0.15) is 0 Å². The maximum absolute atomic E-state index is 11.7. The molecule has 0 spiro atoms. The van der Waals surface area contributed by atoms with E-state index in [9.17, 15) is 4.79 Å². The van der Waals surface area contributed by atoms with Gasteiger partial charge < -0.3 is 4.74 Å². The number of rotatable bonds is 0. The van der Waals surface area contributed by atoms with Crippen molar-refractivity contribution in [1.82, 2.24) is 0 Å². The van der Waals surface area contributed by atoms with E-state index in [0.717, 1.165) is 12.8 Å². The fraction of sp³-hybridized carbons (Fsp3) is 0.800. The molecule has 0 N–H and O–H groups in total. The molecule has 0 unspecified atom stereocenters. The topological polar surface area (TPSA) is 26.3 Å². The summed E-state index contributed by atoms with van der Waals surface area (Å²) in [6, 6.07) is 0. The van der Waals surface area contributed by atoms with Crippen LogP contribution in [0, 0.1) is 23.2 Å². The Bertz CT molecular complexity index is 373. The van der Waals surface area contributed by atoms with Crippen LogP contribution in [-0.4, -0.2) is 12.1 Å². The van der Waals surface area contributed by atoms with Gasteiger partial charge in [-0.05, 0) is 43.4 Å². The van der Waals surface area contributed by atoms with Gasteiger partial charge in [-0.3, -0.25) is 4.79 Å². The number of carbonyl (C=O) groups excluding carboxylic acids is 1. The van der Waals surface area contributed by atoms with Gasteiger partial charge in [-0.25, -0.2) is 0 Å². The van der Waals surface area contributed by atoms with Crippen molar-refractivity contribution >= 4 is 5.97 Å². The van der Waals surface area contributed by atoms with Gasteiger partial charge in [-0.15, -0.1) is 0 Å². The summed E-state index contributed by atoms with van der Waals surface area (Å²) in [6.45, 7) is 8.68. The van der Waals surface area contributed by atoms with Crippen LogP contribution < -0.4 is 0 Å². The van der Waals surface area contributed by atoms with E-state index >= 15 is 0 Å². The van der Waals surface area contributed by atoms with Crippen molar-refractivity contribution < 1.29 is 9.53 Å². The first-order chi connectivity index (χ1) is 8.01. The molecule has 0 amide bonds. The Morgan fingerprint density at radius 3 is 3.00 bits per heavy atom. The smallest absolute Gasteiger partial charge is 0.309 e. The van der Waals surface area contributed by atoms with Gasteiger partial charge in [0.15, 0.2) is 0 Å². The molecule has 2 heteroatoms. The second kappa shape index (κ2) is 3.60. The SMILES string of the molecule is C=C1CCC[C@@]2(C)C[C@@H]3OC(=O)[C@@H](C)[C@H]3C[C@@H]12.